The number of fused-ring (bicyclic) bond motifs is 1. The number of nitrogens with zero attached hydrogens (tertiary/aromatic N) is 2. The maximum absolute atomic E-state index is 12.1. The lowest BCUT2D eigenvalue weighted by molar-refractivity contribution is 0.252. The van der Waals surface area contributed by atoms with Crippen LogP contribution in [-0.2, 0) is 10.0 Å². The zero-order valence-corrected chi connectivity index (χ0v) is 15.1. The molecule has 8 nitrogen and oxygen atoms in total. The van der Waals surface area contributed by atoms with Crippen molar-refractivity contribution in [2.24, 2.45) is 0 Å². The standard InChI is InChI=1S/C16H16ClN5O3S/c17-12-1-3-13(4-2-12)20-16(23)18-8-10-26(24,25)21-14-6-9-22-15(11-14)5-7-19-22/h1-7,9,11,21H,8,10H2,(H2,18,20,23). The smallest absolute Gasteiger partial charge is 0.319 e. The second-order valence-corrected chi connectivity index (χ2v) is 7.70. The highest BCUT2D eigenvalue weighted by Crippen LogP contribution is 2.14. The average molecular weight is 394 g/mol. The van der Waals surface area contributed by atoms with Gasteiger partial charge in [0, 0.05) is 29.6 Å². The molecule has 0 unspecified atom stereocenters. The second kappa shape index (κ2) is 7.63. The average Bonchev–Trinajstić information content (AvgIpc) is 3.04. The third-order valence-electron chi connectivity index (χ3n) is 3.43. The Hall–Kier alpha value is -2.78. The summed E-state index contributed by atoms with van der Waals surface area (Å²) in [5.74, 6) is -0.258. The largest absolute Gasteiger partial charge is 0.337 e. The summed E-state index contributed by atoms with van der Waals surface area (Å²) in [4.78, 5) is 11.8. The predicted octanol–water partition coefficient (Wildman–Crippen LogP) is 2.55. The SMILES string of the molecule is O=C(NCCS(=O)(=O)Nc1ccn2nccc2c1)Nc1ccc(Cl)cc1. The lowest BCUT2D eigenvalue weighted by Gasteiger charge is -2.10. The molecule has 2 amide bonds. The molecule has 2 heterocycles. The van der Waals surface area contributed by atoms with Crippen molar-refractivity contribution in [1.82, 2.24) is 14.9 Å². The highest BCUT2D eigenvalue weighted by Gasteiger charge is 2.12. The quantitative estimate of drug-likeness (QED) is 0.598. The van der Waals surface area contributed by atoms with E-state index in [4.69, 9.17) is 11.6 Å². The Labute approximate surface area is 155 Å². The zero-order valence-electron chi connectivity index (χ0n) is 13.5. The highest BCUT2D eigenvalue weighted by atomic mass is 35.5. The van der Waals surface area contributed by atoms with Gasteiger partial charge in [0.1, 0.15) is 0 Å². The first-order valence-electron chi connectivity index (χ1n) is 7.66. The van der Waals surface area contributed by atoms with Crippen molar-refractivity contribution in [3.63, 3.8) is 0 Å². The first-order chi connectivity index (χ1) is 12.4. The van der Waals surface area contributed by atoms with Gasteiger partial charge in [-0.2, -0.15) is 5.10 Å². The van der Waals surface area contributed by atoms with E-state index in [9.17, 15) is 13.2 Å². The van der Waals surface area contributed by atoms with Gasteiger partial charge in [0.15, 0.2) is 0 Å². The molecule has 0 aliphatic rings. The maximum atomic E-state index is 12.1. The first kappa shape index (κ1) is 18.0. The molecule has 0 radical (unpaired) electrons. The van der Waals surface area contributed by atoms with Crippen molar-refractivity contribution >= 4 is 44.5 Å². The van der Waals surface area contributed by atoms with Gasteiger partial charge in [0.25, 0.3) is 0 Å². The molecule has 3 aromatic rings. The van der Waals surface area contributed by atoms with E-state index in [2.05, 4.69) is 20.5 Å². The van der Waals surface area contributed by atoms with E-state index in [-0.39, 0.29) is 12.3 Å². The number of anilines is 2. The molecule has 0 atom stereocenters. The summed E-state index contributed by atoms with van der Waals surface area (Å²) < 4.78 is 28.4. The van der Waals surface area contributed by atoms with Crippen LogP contribution in [0.1, 0.15) is 0 Å². The van der Waals surface area contributed by atoms with Gasteiger partial charge in [-0.05, 0) is 42.5 Å². The monoisotopic (exact) mass is 393 g/mol. The van der Waals surface area contributed by atoms with Crippen molar-refractivity contribution in [1.29, 1.82) is 0 Å². The predicted molar refractivity (Wildman–Crippen MR) is 101 cm³/mol. The van der Waals surface area contributed by atoms with E-state index in [1.54, 1.807) is 59.4 Å². The van der Waals surface area contributed by atoms with Crippen LogP contribution in [0.5, 0.6) is 0 Å². The number of pyridine rings is 1. The molecule has 10 heteroatoms. The maximum Gasteiger partial charge on any atom is 0.319 e. The van der Waals surface area contributed by atoms with Crippen LogP contribution in [0.15, 0.2) is 54.9 Å². The number of nitrogens with one attached hydrogen (secondary N) is 3. The van der Waals surface area contributed by atoms with E-state index in [1.807, 2.05) is 0 Å². The zero-order chi connectivity index (χ0) is 18.6. The van der Waals surface area contributed by atoms with Crippen LogP contribution in [0.2, 0.25) is 5.02 Å². The number of aromatic nitrogens is 2. The minimum atomic E-state index is -3.60. The van der Waals surface area contributed by atoms with Crippen LogP contribution >= 0.6 is 11.6 Å². The number of carbonyl (C=O) groups excluding carboxylic acids is 1. The van der Waals surface area contributed by atoms with Crippen molar-refractivity contribution in [2.45, 2.75) is 0 Å². The number of urea groups is 1. The summed E-state index contributed by atoms with van der Waals surface area (Å²) in [6, 6.07) is 11.1. The Kier molecular flexibility index (Phi) is 5.29. The van der Waals surface area contributed by atoms with Crippen LogP contribution in [0.4, 0.5) is 16.2 Å². The molecular weight excluding hydrogens is 378 g/mol. The van der Waals surface area contributed by atoms with Gasteiger partial charge in [-0.15, -0.1) is 0 Å². The number of halogens is 1. The molecule has 2 aromatic heterocycles. The Morgan fingerprint density at radius 1 is 1.12 bits per heavy atom. The lowest BCUT2D eigenvalue weighted by Crippen LogP contribution is -2.34. The molecule has 0 aliphatic heterocycles. The number of amides is 2. The van der Waals surface area contributed by atoms with Gasteiger partial charge in [-0.25, -0.2) is 17.7 Å². The molecule has 26 heavy (non-hydrogen) atoms. The van der Waals surface area contributed by atoms with Gasteiger partial charge in [0.2, 0.25) is 10.0 Å². The van der Waals surface area contributed by atoms with Gasteiger partial charge < -0.3 is 10.6 Å². The minimum Gasteiger partial charge on any atom is -0.337 e. The summed E-state index contributed by atoms with van der Waals surface area (Å²) in [7, 11) is -3.60. The minimum absolute atomic E-state index is 0.0380. The van der Waals surface area contributed by atoms with E-state index in [0.29, 0.717) is 16.4 Å². The van der Waals surface area contributed by atoms with Gasteiger partial charge in [-0.1, -0.05) is 11.6 Å². The molecule has 3 rings (SSSR count). The second-order valence-electron chi connectivity index (χ2n) is 5.42. The van der Waals surface area contributed by atoms with Gasteiger partial charge in [-0.3, -0.25) is 4.72 Å². The number of rotatable bonds is 6. The topological polar surface area (TPSA) is 105 Å². The van der Waals surface area contributed by atoms with E-state index >= 15 is 0 Å². The number of hydrogen-bond donors (Lipinski definition) is 3. The fourth-order valence-corrected chi connectivity index (χ4v) is 3.31. The fourth-order valence-electron chi connectivity index (χ4n) is 2.22. The third kappa shape index (κ3) is 4.87. The molecular formula is C16H16ClN5O3S. The molecule has 3 N–H and O–H groups in total. The van der Waals surface area contributed by atoms with Crippen LogP contribution in [-0.4, -0.2) is 36.4 Å². The molecule has 0 saturated carbocycles. The highest BCUT2D eigenvalue weighted by molar-refractivity contribution is 7.92. The molecule has 0 fully saturated rings. The fraction of sp³-hybridized carbons (Fsp3) is 0.125. The van der Waals surface area contributed by atoms with Crippen molar-refractivity contribution in [3.8, 4) is 0 Å². The molecule has 0 saturated heterocycles. The van der Waals surface area contributed by atoms with Crippen LogP contribution in [0.3, 0.4) is 0 Å². The molecule has 0 spiro atoms. The summed E-state index contributed by atoms with van der Waals surface area (Å²) in [5, 5.41) is 9.69. The molecule has 0 bridgehead atoms. The van der Waals surface area contributed by atoms with Crippen LogP contribution in [0, 0.1) is 0 Å². The third-order valence-corrected chi connectivity index (χ3v) is 4.97. The number of hydrogen-bond acceptors (Lipinski definition) is 4. The number of sulfonamides is 1. The summed E-state index contributed by atoms with van der Waals surface area (Å²) in [6.45, 7) is -0.0380. The van der Waals surface area contributed by atoms with Crippen molar-refractivity contribution in [2.75, 3.05) is 22.3 Å². The van der Waals surface area contributed by atoms with E-state index < -0.39 is 16.1 Å². The first-order valence-corrected chi connectivity index (χ1v) is 9.69. The van der Waals surface area contributed by atoms with Gasteiger partial charge in [0.05, 0.1) is 17.0 Å². The number of benzene rings is 1. The van der Waals surface area contributed by atoms with Crippen molar-refractivity contribution in [3.05, 3.63) is 59.9 Å². The van der Waals surface area contributed by atoms with Crippen LogP contribution in [0.25, 0.3) is 5.52 Å². The Morgan fingerprint density at radius 2 is 1.88 bits per heavy atom. The van der Waals surface area contributed by atoms with Crippen molar-refractivity contribution < 1.29 is 13.2 Å². The normalized spacial score (nSPS) is 11.3. The Balaban J connectivity index is 1.49. The van der Waals surface area contributed by atoms with E-state index in [0.717, 1.165) is 5.52 Å². The Morgan fingerprint density at radius 3 is 2.65 bits per heavy atom. The molecule has 136 valence electrons. The molecule has 0 aliphatic carbocycles. The lowest BCUT2D eigenvalue weighted by atomic mass is 10.3. The Bertz CT molecular complexity index is 1020. The van der Waals surface area contributed by atoms with Crippen LogP contribution < -0.4 is 15.4 Å². The number of carbonyl (C=O) groups is 1. The summed E-state index contributed by atoms with van der Waals surface area (Å²) in [5.41, 5.74) is 1.76. The van der Waals surface area contributed by atoms with E-state index in [1.165, 1.54) is 0 Å². The summed E-state index contributed by atoms with van der Waals surface area (Å²) >= 11 is 5.77. The summed E-state index contributed by atoms with van der Waals surface area (Å²) in [6.07, 6.45) is 3.28. The molecule has 1 aromatic carbocycles. The van der Waals surface area contributed by atoms with Gasteiger partial charge >= 0.3 is 6.03 Å².